The Morgan fingerprint density at radius 3 is 0.750 bits per heavy atom. The first-order chi connectivity index (χ1) is 0. The molecule has 0 aliphatic heterocycles. The van der Waals surface area contributed by atoms with Crippen molar-refractivity contribution in [2.45, 2.75) is 0 Å². The summed E-state index contributed by atoms with van der Waals surface area (Å²) in [6.45, 7) is 0. The Bertz CT molecular complexity index is 6.00. The minimum atomic E-state index is 0. The Hall–Kier alpha value is 1.23. The summed E-state index contributed by atoms with van der Waals surface area (Å²) in [6, 6.07) is 0. The van der Waals surface area contributed by atoms with Crippen LogP contribution < -0.4 is 0 Å². The molecule has 34 valence electrons. The van der Waals surface area contributed by atoms with E-state index in [0.29, 0.717) is 0 Å². The molecule has 0 aliphatic carbocycles. The van der Waals surface area contributed by atoms with Crippen molar-refractivity contribution in [1.29, 1.82) is 0 Å². The van der Waals surface area contributed by atoms with Gasteiger partial charge in [-0.3, -0.25) is 0 Å². The monoisotopic (exact) mass is 285 g/mol. The van der Waals surface area contributed by atoms with Gasteiger partial charge in [0.15, 0.2) is 0 Å². The van der Waals surface area contributed by atoms with Crippen molar-refractivity contribution in [3.05, 3.63) is 0 Å². The summed E-state index contributed by atoms with van der Waals surface area (Å²) in [5.74, 6) is 0. The van der Waals surface area contributed by atoms with Gasteiger partial charge in [-0.05, 0) is 0 Å². The van der Waals surface area contributed by atoms with Gasteiger partial charge in [-0.2, -0.15) is 0 Å². The molecule has 0 saturated heterocycles. The minimum Gasteiger partial charge on any atom is -0.412 e. The van der Waals surface area contributed by atoms with E-state index in [1.165, 1.54) is 0 Å². The number of rotatable bonds is 0. The van der Waals surface area contributed by atoms with E-state index in [2.05, 4.69) is 0 Å². The Kier molecular flexibility index (Phi) is 452. The molecule has 0 amide bonds. The smallest absolute Gasteiger partial charge is 0 e. The van der Waals surface area contributed by atoms with E-state index < -0.39 is 0 Å². The fourth-order valence-electron chi connectivity index (χ4n) is 0. The standard InChI is InChI=1S/2ClH.H2O.Pt/h2*1H;1H2;. The van der Waals surface area contributed by atoms with E-state index in [4.69, 9.17) is 0 Å². The van der Waals surface area contributed by atoms with E-state index >= 15 is 0 Å². The number of halogens is 2. The molecule has 4 heteroatoms. The molecule has 0 bridgehead atoms. The summed E-state index contributed by atoms with van der Waals surface area (Å²) in [4.78, 5) is 0. The molecule has 0 rings (SSSR count). The Morgan fingerprint density at radius 2 is 0.750 bits per heavy atom. The molecule has 0 unspecified atom stereocenters. The van der Waals surface area contributed by atoms with Gasteiger partial charge in [0, 0.05) is 21.1 Å². The van der Waals surface area contributed by atoms with Gasteiger partial charge in [0.1, 0.15) is 0 Å². The molecular weight excluding hydrogens is 282 g/mol. The zero-order valence-electron chi connectivity index (χ0n) is 1.63. The second-order valence-corrected chi connectivity index (χ2v) is 0. The van der Waals surface area contributed by atoms with Crippen LogP contribution in [0.1, 0.15) is 0 Å². The van der Waals surface area contributed by atoms with Crippen molar-refractivity contribution in [3.63, 3.8) is 0 Å². The van der Waals surface area contributed by atoms with Crippen LogP contribution >= 0.6 is 24.8 Å². The Balaban J connectivity index is 0. The third-order valence-corrected chi connectivity index (χ3v) is 0. The van der Waals surface area contributed by atoms with E-state index in [1.807, 2.05) is 0 Å². The molecule has 0 radical (unpaired) electrons. The van der Waals surface area contributed by atoms with Crippen LogP contribution in [0.25, 0.3) is 0 Å². The van der Waals surface area contributed by atoms with Gasteiger partial charge in [-0.15, -0.1) is 24.8 Å². The van der Waals surface area contributed by atoms with Crippen LogP contribution in [0.2, 0.25) is 0 Å². The van der Waals surface area contributed by atoms with Crippen LogP contribution in [0.15, 0.2) is 0 Å². The number of hydrogen-bond acceptors (Lipinski definition) is 0. The van der Waals surface area contributed by atoms with Crippen LogP contribution in [-0.2, 0) is 21.1 Å². The number of hydrogen-bond donors (Lipinski definition) is 0. The summed E-state index contributed by atoms with van der Waals surface area (Å²) in [5, 5.41) is 0. The van der Waals surface area contributed by atoms with Crippen molar-refractivity contribution in [3.8, 4) is 0 Å². The third kappa shape index (κ3) is 10.6. The van der Waals surface area contributed by atoms with Crippen molar-refractivity contribution in [1.82, 2.24) is 0 Å². The topological polar surface area (TPSA) is 31.5 Å². The van der Waals surface area contributed by atoms with E-state index in [9.17, 15) is 0 Å². The fraction of sp³-hybridized carbons (Fsp3) is 0. The van der Waals surface area contributed by atoms with Crippen molar-refractivity contribution < 1.29 is 26.5 Å². The van der Waals surface area contributed by atoms with E-state index in [0.717, 1.165) is 0 Å². The summed E-state index contributed by atoms with van der Waals surface area (Å²) in [7, 11) is 0. The van der Waals surface area contributed by atoms with Crippen LogP contribution in [0.4, 0.5) is 0 Å². The second-order valence-electron chi connectivity index (χ2n) is 0. The van der Waals surface area contributed by atoms with Gasteiger partial charge < -0.3 is 5.48 Å². The quantitative estimate of drug-likeness (QED) is 0.601. The molecule has 0 aromatic carbocycles. The zero-order chi connectivity index (χ0) is 0. The third-order valence-electron chi connectivity index (χ3n) is 0. The van der Waals surface area contributed by atoms with E-state index in [1.54, 1.807) is 0 Å². The van der Waals surface area contributed by atoms with Gasteiger partial charge in [0.2, 0.25) is 0 Å². The fourth-order valence-corrected chi connectivity index (χ4v) is 0. The summed E-state index contributed by atoms with van der Waals surface area (Å²) in [6.07, 6.45) is 0. The molecule has 0 saturated carbocycles. The molecule has 0 heterocycles. The van der Waals surface area contributed by atoms with Crippen molar-refractivity contribution in [2.75, 3.05) is 0 Å². The Morgan fingerprint density at radius 1 is 0.750 bits per heavy atom. The van der Waals surface area contributed by atoms with Crippen LogP contribution in [0.3, 0.4) is 0 Å². The molecule has 0 aliphatic rings. The van der Waals surface area contributed by atoms with Crippen LogP contribution in [-0.4, -0.2) is 5.48 Å². The molecule has 0 aromatic rings. The Labute approximate surface area is 51.5 Å². The van der Waals surface area contributed by atoms with Crippen molar-refractivity contribution >= 4 is 24.8 Å². The minimum absolute atomic E-state index is 0. The molecule has 0 spiro atoms. The summed E-state index contributed by atoms with van der Waals surface area (Å²) < 4.78 is 0. The van der Waals surface area contributed by atoms with Gasteiger partial charge >= 0.3 is 0 Å². The van der Waals surface area contributed by atoms with Gasteiger partial charge in [-0.25, -0.2) is 0 Å². The van der Waals surface area contributed by atoms with Gasteiger partial charge in [0.25, 0.3) is 0 Å². The molecule has 0 atom stereocenters. The van der Waals surface area contributed by atoms with Crippen molar-refractivity contribution in [2.24, 2.45) is 0 Å². The first-order valence-electron chi connectivity index (χ1n) is 0. The zero-order valence-corrected chi connectivity index (χ0v) is 5.54. The summed E-state index contributed by atoms with van der Waals surface area (Å²) >= 11 is 0. The van der Waals surface area contributed by atoms with Crippen LogP contribution in [0, 0.1) is 0 Å². The molecule has 1 nitrogen and oxygen atoms in total. The summed E-state index contributed by atoms with van der Waals surface area (Å²) in [5.41, 5.74) is 0. The molecule has 2 N–H and O–H groups in total. The SMILES string of the molecule is Cl.Cl.O.[Pt]. The maximum absolute atomic E-state index is 0. The predicted molar refractivity (Wildman–Crippen MR) is 18.1 cm³/mol. The predicted octanol–water partition coefficient (Wildman–Crippen LogP) is 0.0164. The van der Waals surface area contributed by atoms with Gasteiger partial charge in [-0.1, -0.05) is 0 Å². The first kappa shape index (κ1) is 62.0. The molecule has 4 heavy (non-hydrogen) atoms. The van der Waals surface area contributed by atoms with Crippen LogP contribution in [0.5, 0.6) is 0 Å². The maximum atomic E-state index is 0. The maximum Gasteiger partial charge on any atom is 0 e. The molecule has 0 fully saturated rings. The first-order valence-corrected chi connectivity index (χ1v) is 0. The van der Waals surface area contributed by atoms with E-state index in [-0.39, 0.29) is 51.4 Å². The molecular formula is H4Cl2OPt. The van der Waals surface area contributed by atoms with Gasteiger partial charge in [0.05, 0.1) is 0 Å². The molecule has 0 aromatic heterocycles. The normalized spacial score (nSPS) is 0. The second kappa shape index (κ2) is 29.2. The average molecular weight is 286 g/mol. The largest absolute Gasteiger partial charge is 0.412 e. The average Bonchev–Trinajstić information content (AvgIpc) is 0.